The number of nitrogens with zero attached hydrogens (tertiary/aromatic N) is 3. The van der Waals surface area contributed by atoms with Crippen LogP contribution in [-0.4, -0.2) is 46.4 Å². The van der Waals surface area contributed by atoms with Crippen molar-refractivity contribution in [2.24, 2.45) is 0 Å². The van der Waals surface area contributed by atoms with E-state index in [0.29, 0.717) is 18.8 Å². The maximum Gasteiger partial charge on any atom is 0.335 e. The standard InChI is InChI=1S/C19H25N3O4S/c1-14(2)18-20-7-10-22(18)16-11-15(19(23)24)12-17(13-16)27(25,26)21-8-5-3-4-6-9-21/h7,10-14H,3-6,8-9H2,1-2H3,(H,23,24). The Morgan fingerprint density at radius 2 is 1.78 bits per heavy atom. The average molecular weight is 391 g/mol. The number of aromatic carboxylic acids is 1. The van der Waals surface area contributed by atoms with Crippen molar-refractivity contribution >= 4 is 16.0 Å². The van der Waals surface area contributed by atoms with Crippen molar-refractivity contribution in [1.29, 1.82) is 0 Å². The topological polar surface area (TPSA) is 92.5 Å². The Morgan fingerprint density at radius 3 is 2.37 bits per heavy atom. The summed E-state index contributed by atoms with van der Waals surface area (Å²) in [6, 6.07) is 4.27. The van der Waals surface area contributed by atoms with Crippen LogP contribution in [0.1, 0.15) is 61.6 Å². The highest BCUT2D eigenvalue weighted by Gasteiger charge is 2.27. The Labute approximate surface area is 159 Å². The molecule has 1 aromatic carbocycles. The molecule has 3 rings (SSSR count). The molecule has 1 aromatic heterocycles. The SMILES string of the molecule is CC(C)c1nccn1-c1cc(C(=O)O)cc(S(=O)(=O)N2CCCCCC2)c1. The van der Waals surface area contributed by atoms with E-state index in [9.17, 15) is 18.3 Å². The summed E-state index contributed by atoms with van der Waals surface area (Å²) >= 11 is 0. The number of carbonyl (C=O) groups is 1. The van der Waals surface area contributed by atoms with Crippen molar-refractivity contribution < 1.29 is 18.3 Å². The van der Waals surface area contributed by atoms with Crippen LogP contribution in [-0.2, 0) is 10.0 Å². The average Bonchev–Trinajstić information content (AvgIpc) is 2.96. The monoisotopic (exact) mass is 391 g/mol. The molecule has 1 aliphatic heterocycles. The highest BCUT2D eigenvalue weighted by atomic mass is 32.2. The zero-order valence-corrected chi connectivity index (χ0v) is 16.4. The Kier molecular flexibility index (Phi) is 5.67. The predicted molar refractivity (Wildman–Crippen MR) is 102 cm³/mol. The normalized spacial score (nSPS) is 16.4. The molecule has 1 N–H and O–H groups in total. The fourth-order valence-electron chi connectivity index (χ4n) is 3.39. The first-order valence-corrected chi connectivity index (χ1v) is 10.7. The third-order valence-corrected chi connectivity index (χ3v) is 6.68. The van der Waals surface area contributed by atoms with Gasteiger partial charge in [-0.05, 0) is 31.0 Å². The van der Waals surface area contributed by atoms with Crippen LogP contribution in [0.2, 0.25) is 0 Å². The first kappa shape index (κ1) is 19.6. The summed E-state index contributed by atoms with van der Waals surface area (Å²) in [6.07, 6.45) is 7.02. The van der Waals surface area contributed by atoms with Gasteiger partial charge in [0.25, 0.3) is 0 Å². The number of hydrogen-bond donors (Lipinski definition) is 1. The molecule has 2 heterocycles. The maximum atomic E-state index is 13.2. The lowest BCUT2D eigenvalue weighted by molar-refractivity contribution is 0.0696. The minimum Gasteiger partial charge on any atom is -0.478 e. The molecule has 1 aliphatic rings. The van der Waals surface area contributed by atoms with Crippen molar-refractivity contribution in [3.63, 3.8) is 0 Å². The Hall–Kier alpha value is -2.19. The number of rotatable bonds is 5. The van der Waals surface area contributed by atoms with E-state index >= 15 is 0 Å². The van der Waals surface area contributed by atoms with E-state index < -0.39 is 16.0 Å². The summed E-state index contributed by atoms with van der Waals surface area (Å²) in [7, 11) is -3.75. The van der Waals surface area contributed by atoms with Gasteiger partial charge in [-0.3, -0.25) is 0 Å². The fourth-order valence-corrected chi connectivity index (χ4v) is 4.97. The van der Waals surface area contributed by atoms with Crippen LogP contribution >= 0.6 is 0 Å². The van der Waals surface area contributed by atoms with Gasteiger partial charge in [-0.2, -0.15) is 4.31 Å². The summed E-state index contributed by atoms with van der Waals surface area (Å²) in [4.78, 5) is 16.0. The van der Waals surface area contributed by atoms with Gasteiger partial charge >= 0.3 is 5.97 Å². The molecule has 0 bridgehead atoms. The molecular weight excluding hydrogens is 366 g/mol. The van der Waals surface area contributed by atoms with Gasteiger partial charge in [0, 0.05) is 37.1 Å². The van der Waals surface area contributed by atoms with E-state index in [0.717, 1.165) is 31.5 Å². The van der Waals surface area contributed by atoms with E-state index in [4.69, 9.17) is 0 Å². The molecule has 0 unspecified atom stereocenters. The van der Waals surface area contributed by atoms with Crippen molar-refractivity contribution in [2.75, 3.05) is 13.1 Å². The van der Waals surface area contributed by atoms with Gasteiger partial charge < -0.3 is 9.67 Å². The minimum absolute atomic E-state index is 0.0164. The van der Waals surface area contributed by atoms with Gasteiger partial charge in [-0.15, -0.1) is 0 Å². The van der Waals surface area contributed by atoms with E-state index in [2.05, 4.69) is 4.98 Å². The molecule has 7 nitrogen and oxygen atoms in total. The molecule has 1 saturated heterocycles. The smallest absolute Gasteiger partial charge is 0.335 e. The Bertz CT molecular complexity index is 926. The lowest BCUT2D eigenvalue weighted by atomic mass is 10.1. The Balaban J connectivity index is 2.11. The Morgan fingerprint density at radius 1 is 1.11 bits per heavy atom. The van der Waals surface area contributed by atoms with Crippen LogP contribution in [0.15, 0.2) is 35.5 Å². The van der Waals surface area contributed by atoms with Crippen molar-refractivity contribution in [2.45, 2.75) is 50.3 Å². The van der Waals surface area contributed by atoms with Gasteiger partial charge in [-0.1, -0.05) is 26.7 Å². The van der Waals surface area contributed by atoms with Crippen LogP contribution in [0.3, 0.4) is 0 Å². The van der Waals surface area contributed by atoms with Gasteiger partial charge in [0.15, 0.2) is 0 Å². The van der Waals surface area contributed by atoms with Gasteiger partial charge in [-0.25, -0.2) is 18.2 Å². The van der Waals surface area contributed by atoms with Crippen LogP contribution in [0.5, 0.6) is 0 Å². The third-order valence-electron chi connectivity index (χ3n) is 4.80. The second-order valence-corrected chi connectivity index (χ2v) is 9.09. The number of benzene rings is 1. The summed E-state index contributed by atoms with van der Waals surface area (Å²) in [5, 5.41) is 9.50. The molecule has 8 heteroatoms. The van der Waals surface area contributed by atoms with Gasteiger partial charge in [0.1, 0.15) is 5.82 Å². The zero-order valence-electron chi connectivity index (χ0n) is 15.6. The molecule has 146 valence electrons. The minimum atomic E-state index is -3.75. The number of sulfonamides is 1. The van der Waals surface area contributed by atoms with E-state index in [1.807, 2.05) is 13.8 Å². The molecule has 0 amide bonds. The third kappa shape index (κ3) is 4.06. The first-order chi connectivity index (χ1) is 12.8. The first-order valence-electron chi connectivity index (χ1n) is 9.23. The van der Waals surface area contributed by atoms with Crippen molar-refractivity contribution in [1.82, 2.24) is 13.9 Å². The van der Waals surface area contributed by atoms with E-state index in [1.54, 1.807) is 23.0 Å². The quantitative estimate of drug-likeness (QED) is 0.844. The number of carboxylic acid groups (broad SMARTS) is 1. The molecule has 1 fully saturated rings. The highest BCUT2D eigenvalue weighted by molar-refractivity contribution is 7.89. The number of imidazole rings is 1. The second kappa shape index (κ2) is 7.82. The summed E-state index contributed by atoms with van der Waals surface area (Å²) in [5.41, 5.74) is 0.439. The van der Waals surface area contributed by atoms with Crippen molar-refractivity contribution in [3.05, 3.63) is 42.0 Å². The molecule has 0 aliphatic carbocycles. The molecular formula is C19H25N3O4S. The maximum absolute atomic E-state index is 13.2. The van der Waals surface area contributed by atoms with Gasteiger partial charge in [0.05, 0.1) is 10.5 Å². The molecule has 2 aromatic rings. The van der Waals surface area contributed by atoms with E-state index in [-0.39, 0.29) is 16.4 Å². The largest absolute Gasteiger partial charge is 0.478 e. The summed E-state index contributed by atoms with van der Waals surface area (Å²) in [6.45, 7) is 4.90. The van der Waals surface area contributed by atoms with Crippen LogP contribution < -0.4 is 0 Å². The summed E-state index contributed by atoms with van der Waals surface area (Å²) < 4.78 is 29.5. The predicted octanol–water partition coefficient (Wildman–Crippen LogP) is 3.26. The number of aromatic nitrogens is 2. The molecule has 0 saturated carbocycles. The molecule has 0 radical (unpaired) electrons. The number of hydrogen-bond acceptors (Lipinski definition) is 4. The highest BCUT2D eigenvalue weighted by Crippen LogP contribution is 2.26. The van der Waals surface area contributed by atoms with E-state index in [1.165, 1.54) is 16.4 Å². The van der Waals surface area contributed by atoms with Gasteiger partial charge in [0.2, 0.25) is 10.0 Å². The number of carboxylic acids is 1. The lowest BCUT2D eigenvalue weighted by Gasteiger charge is -2.21. The fraction of sp³-hybridized carbons (Fsp3) is 0.474. The van der Waals surface area contributed by atoms with Crippen LogP contribution in [0.4, 0.5) is 0 Å². The lowest BCUT2D eigenvalue weighted by Crippen LogP contribution is -2.32. The molecule has 27 heavy (non-hydrogen) atoms. The summed E-state index contributed by atoms with van der Waals surface area (Å²) in [5.74, 6) is -0.301. The van der Waals surface area contributed by atoms with Crippen LogP contribution in [0.25, 0.3) is 5.69 Å². The van der Waals surface area contributed by atoms with Crippen molar-refractivity contribution in [3.8, 4) is 5.69 Å². The zero-order chi connectivity index (χ0) is 19.6. The second-order valence-electron chi connectivity index (χ2n) is 7.15. The molecule has 0 atom stereocenters. The van der Waals surface area contributed by atoms with Crippen LogP contribution in [0, 0.1) is 0 Å². The molecule has 0 spiro atoms.